The predicted molar refractivity (Wildman–Crippen MR) is 139 cm³/mol. The molecular weight excluding hydrogens is 492 g/mol. The van der Waals surface area contributed by atoms with Crippen LogP contribution in [0.15, 0.2) is 83.8 Å². The lowest BCUT2D eigenvalue weighted by Gasteiger charge is -2.41. The molecule has 7 nitrogen and oxygen atoms in total. The first-order valence-corrected chi connectivity index (χ1v) is 12.3. The van der Waals surface area contributed by atoms with E-state index in [1.54, 1.807) is 0 Å². The van der Waals surface area contributed by atoms with Crippen LogP contribution in [0, 0.1) is 11.6 Å². The highest BCUT2D eigenvalue weighted by molar-refractivity contribution is 5.92. The number of fused-ring (bicyclic) bond motifs is 1. The van der Waals surface area contributed by atoms with Gasteiger partial charge in [0.2, 0.25) is 5.43 Å². The molecule has 1 unspecified atom stereocenters. The van der Waals surface area contributed by atoms with Crippen LogP contribution < -0.4 is 10.3 Å². The van der Waals surface area contributed by atoms with Gasteiger partial charge >= 0.3 is 5.97 Å². The van der Waals surface area contributed by atoms with Gasteiger partial charge in [0, 0.05) is 38.8 Å². The van der Waals surface area contributed by atoms with E-state index in [1.807, 2.05) is 36.4 Å². The van der Waals surface area contributed by atoms with Crippen molar-refractivity contribution >= 4 is 16.9 Å². The van der Waals surface area contributed by atoms with Crippen molar-refractivity contribution in [2.45, 2.75) is 19.1 Å². The number of carboxylic acid groups (broad SMARTS) is 1. The van der Waals surface area contributed by atoms with E-state index in [0.29, 0.717) is 19.2 Å². The highest BCUT2D eigenvalue weighted by atomic mass is 19.2. The van der Waals surface area contributed by atoms with E-state index in [1.165, 1.54) is 5.56 Å². The number of rotatable bonds is 8. The van der Waals surface area contributed by atoms with Crippen molar-refractivity contribution in [1.82, 2.24) is 14.5 Å². The number of piperazine rings is 1. The molecule has 0 bridgehead atoms. The smallest absolute Gasteiger partial charge is 0.341 e. The van der Waals surface area contributed by atoms with Crippen LogP contribution in [0.25, 0.3) is 10.9 Å². The summed E-state index contributed by atoms with van der Waals surface area (Å²) >= 11 is 0. The Hall–Kier alpha value is -4.08. The van der Waals surface area contributed by atoms with E-state index in [-0.39, 0.29) is 23.6 Å². The number of halogens is 2. The van der Waals surface area contributed by atoms with Crippen LogP contribution in [0.5, 0.6) is 0 Å². The molecule has 1 aromatic heterocycles. The molecule has 9 heteroatoms. The first kappa shape index (κ1) is 25.6. The normalized spacial score (nSPS) is 16.5. The number of carboxylic acids is 1. The Labute approximate surface area is 218 Å². The van der Waals surface area contributed by atoms with Gasteiger partial charge in [0.25, 0.3) is 0 Å². The maximum Gasteiger partial charge on any atom is 0.341 e. The maximum absolute atomic E-state index is 14.1. The molecule has 2 heterocycles. The average Bonchev–Trinajstić information content (AvgIpc) is 2.91. The lowest BCUT2D eigenvalue weighted by atomic mass is 10.1. The summed E-state index contributed by atoms with van der Waals surface area (Å²) in [6, 6.07) is 21.7. The third kappa shape index (κ3) is 5.58. The molecule has 4 aromatic rings. The number of aromatic carboxylic acids is 1. The molecule has 0 spiro atoms. The van der Waals surface area contributed by atoms with E-state index >= 15 is 0 Å². The van der Waals surface area contributed by atoms with Crippen molar-refractivity contribution in [2.24, 2.45) is 0 Å². The van der Waals surface area contributed by atoms with Gasteiger partial charge in [-0.3, -0.25) is 14.6 Å². The fourth-order valence-electron chi connectivity index (χ4n) is 4.84. The van der Waals surface area contributed by atoms with Gasteiger partial charge in [-0.05, 0) is 17.2 Å². The van der Waals surface area contributed by atoms with Crippen molar-refractivity contribution in [3.63, 3.8) is 0 Å². The molecule has 0 radical (unpaired) electrons. The zero-order valence-electron chi connectivity index (χ0n) is 20.6. The molecular formula is C29H27F2N3O4. The summed E-state index contributed by atoms with van der Waals surface area (Å²) in [6.07, 6.45) is 1.02. The van der Waals surface area contributed by atoms with E-state index < -0.39 is 28.6 Å². The number of hydrogen-bond donors (Lipinski definition) is 1. The van der Waals surface area contributed by atoms with Gasteiger partial charge in [-0.25, -0.2) is 13.6 Å². The number of nitrogens with zero attached hydrogens (tertiary/aromatic N) is 3. The lowest BCUT2D eigenvalue weighted by Crippen LogP contribution is -2.55. The van der Waals surface area contributed by atoms with Crippen LogP contribution >= 0.6 is 0 Å². The van der Waals surface area contributed by atoms with E-state index in [2.05, 4.69) is 34.1 Å². The van der Waals surface area contributed by atoms with Gasteiger partial charge in [0.1, 0.15) is 12.2 Å². The molecule has 38 heavy (non-hydrogen) atoms. The predicted octanol–water partition coefficient (Wildman–Crippen LogP) is 3.79. The summed E-state index contributed by atoms with van der Waals surface area (Å²) in [4.78, 5) is 34.9. The number of hydrogen-bond acceptors (Lipinski definition) is 5. The van der Waals surface area contributed by atoms with Crippen molar-refractivity contribution < 1.29 is 23.5 Å². The Morgan fingerprint density at radius 1 is 0.921 bits per heavy atom. The van der Waals surface area contributed by atoms with Crippen LogP contribution in [0.1, 0.15) is 21.5 Å². The van der Waals surface area contributed by atoms with Crippen LogP contribution in [0.4, 0.5) is 8.78 Å². The summed E-state index contributed by atoms with van der Waals surface area (Å²) in [5.74, 6) is -3.87. The molecule has 3 aromatic carbocycles. The topological polar surface area (TPSA) is 75.0 Å². The van der Waals surface area contributed by atoms with Crippen LogP contribution in [-0.2, 0) is 13.1 Å². The zero-order chi connectivity index (χ0) is 26.6. The second-order valence-electron chi connectivity index (χ2n) is 9.41. The van der Waals surface area contributed by atoms with Crippen molar-refractivity contribution in [3.8, 4) is 0 Å². The summed E-state index contributed by atoms with van der Waals surface area (Å²) in [5, 5.41) is 9.26. The van der Waals surface area contributed by atoms with Crippen molar-refractivity contribution in [2.75, 3.05) is 26.2 Å². The van der Waals surface area contributed by atoms with E-state index in [0.717, 1.165) is 42.2 Å². The quantitative estimate of drug-likeness (QED) is 0.382. The molecule has 1 saturated heterocycles. The van der Waals surface area contributed by atoms with Crippen LogP contribution in [0.3, 0.4) is 0 Å². The van der Waals surface area contributed by atoms with Gasteiger partial charge in [-0.2, -0.15) is 4.73 Å². The van der Waals surface area contributed by atoms with Gasteiger partial charge in [0.05, 0.1) is 23.1 Å². The molecule has 1 fully saturated rings. The second kappa shape index (κ2) is 11.1. The number of aromatic nitrogens is 1. The third-order valence-electron chi connectivity index (χ3n) is 6.81. The van der Waals surface area contributed by atoms with Gasteiger partial charge in [0.15, 0.2) is 11.6 Å². The largest absolute Gasteiger partial charge is 0.477 e. The number of carbonyl (C=O) groups is 1. The van der Waals surface area contributed by atoms with E-state index in [9.17, 15) is 23.5 Å². The SMILES string of the molecule is O=C(O)c1cn(OCC2CN(Cc3ccccc3)CCN2Cc2ccccc2)c2cc(F)c(F)cc2c1=O. The second-order valence-corrected chi connectivity index (χ2v) is 9.41. The fraction of sp³-hybridized carbons (Fsp3) is 0.241. The molecule has 1 aliphatic rings. The molecule has 196 valence electrons. The summed E-state index contributed by atoms with van der Waals surface area (Å²) in [5.41, 5.74) is 0.820. The maximum atomic E-state index is 14.1. The van der Waals surface area contributed by atoms with E-state index in [4.69, 9.17) is 4.84 Å². The fourth-order valence-corrected chi connectivity index (χ4v) is 4.84. The minimum absolute atomic E-state index is 0.0366. The summed E-state index contributed by atoms with van der Waals surface area (Å²) in [6.45, 7) is 3.90. The Bertz CT molecular complexity index is 1490. The molecule has 1 N–H and O–H groups in total. The van der Waals surface area contributed by atoms with Gasteiger partial charge in [-0.15, -0.1) is 0 Å². The lowest BCUT2D eigenvalue weighted by molar-refractivity contribution is 0.000160. The van der Waals surface area contributed by atoms with Gasteiger partial charge < -0.3 is 9.94 Å². The molecule has 1 aliphatic heterocycles. The number of pyridine rings is 1. The Kier molecular flexibility index (Phi) is 7.48. The Morgan fingerprint density at radius 3 is 2.21 bits per heavy atom. The molecule has 0 aliphatic carbocycles. The highest BCUT2D eigenvalue weighted by Gasteiger charge is 2.28. The first-order valence-electron chi connectivity index (χ1n) is 12.3. The van der Waals surface area contributed by atoms with Crippen molar-refractivity contribution in [3.05, 3.63) is 118 Å². The zero-order valence-corrected chi connectivity index (χ0v) is 20.6. The Morgan fingerprint density at radius 2 is 1.55 bits per heavy atom. The minimum Gasteiger partial charge on any atom is -0.477 e. The molecule has 1 atom stereocenters. The standard InChI is InChI=1S/C29H27F2N3O4/c30-25-13-23-27(14-26(25)31)34(18-24(28(23)35)29(36)37)38-19-22-17-32(15-20-7-3-1-4-8-20)11-12-33(22)16-21-9-5-2-6-10-21/h1-10,13-14,18,22H,11-12,15-17,19H2,(H,36,37). The molecule has 0 saturated carbocycles. The molecule has 0 amide bonds. The van der Waals surface area contributed by atoms with Crippen molar-refractivity contribution in [1.29, 1.82) is 0 Å². The summed E-state index contributed by atoms with van der Waals surface area (Å²) < 4.78 is 29.1. The first-order chi connectivity index (χ1) is 18.4. The highest BCUT2D eigenvalue weighted by Crippen LogP contribution is 2.19. The summed E-state index contributed by atoms with van der Waals surface area (Å²) in [7, 11) is 0. The monoisotopic (exact) mass is 519 g/mol. The third-order valence-corrected chi connectivity index (χ3v) is 6.81. The minimum atomic E-state index is -1.48. The van der Waals surface area contributed by atoms with Gasteiger partial charge in [-0.1, -0.05) is 60.7 Å². The van der Waals surface area contributed by atoms with Crippen LogP contribution in [-0.4, -0.2) is 57.9 Å². The average molecular weight is 520 g/mol. The number of benzene rings is 3. The molecule has 5 rings (SSSR count). The van der Waals surface area contributed by atoms with Crippen LogP contribution in [0.2, 0.25) is 0 Å². The Balaban J connectivity index is 1.43.